The first kappa shape index (κ1) is 22.0. The van der Waals surface area contributed by atoms with Crippen LogP contribution in [0, 0.1) is 5.92 Å². The Morgan fingerprint density at radius 1 is 1.27 bits per heavy atom. The van der Waals surface area contributed by atoms with Gasteiger partial charge < -0.3 is 10.3 Å². The summed E-state index contributed by atoms with van der Waals surface area (Å²) in [7, 11) is 1.35. The lowest BCUT2D eigenvalue weighted by atomic mass is 10.2. The van der Waals surface area contributed by atoms with Crippen LogP contribution in [-0.4, -0.2) is 35.4 Å². The van der Waals surface area contributed by atoms with Crippen LogP contribution in [0.5, 0.6) is 0 Å². The molecular formula is C19H24N6O3S2. The Morgan fingerprint density at radius 3 is 2.60 bits per heavy atom. The van der Waals surface area contributed by atoms with Crippen molar-refractivity contribution in [3.63, 3.8) is 0 Å². The highest BCUT2D eigenvalue weighted by Crippen LogP contribution is 2.27. The second kappa shape index (κ2) is 9.00. The lowest BCUT2D eigenvalue weighted by Crippen LogP contribution is -2.43. The van der Waals surface area contributed by atoms with Gasteiger partial charge in [0.1, 0.15) is 11.4 Å². The van der Waals surface area contributed by atoms with Crippen LogP contribution < -0.4 is 17.0 Å². The summed E-state index contributed by atoms with van der Waals surface area (Å²) in [6.07, 6.45) is 0. The van der Waals surface area contributed by atoms with Crippen LogP contribution in [0.25, 0.3) is 10.7 Å². The molecule has 3 aromatic rings. The molecule has 3 aromatic heterocycles. The third-order valence-electron chi connectivity index (χ3n) is 4.52. The second-order valence-electron chi connectivity index (χ2n) is 7.15. The molecule has 2 N–H and O–H groups in total. The van der Waals surface area contributed by atoms with Crippen molar-refractivity contribution in [1.29, 1.82) is 0 Å². The van der Waals surface area contributed by atoms with Gasteiger partial charge in [0.15, 0.2) is 16.8 Å². The number of thioether (sulfide) groups is 1. The average Bonchev–Trinajstić information content (AvgIpc) is 3.37. The van der Waals surface area contributed by atoms with E-state index >= 15 is 0 Å². The van der Waals surface area contributed by atoms with Gasteiger partial charge in [0.2, 0.25) is 0 Å². The summed E-state index contributed by atoms with van der Waals surface area (Å²) in [5.74, 6) is 0.293. The van der Waals surface area contributed by atoms with Crippen molar-refractivity contribution >= 4 is 34.7 Å². The van der Waals surface area contributed by atoms with Gasteiger partial charge in [0.05, 0.1) is 10.6 Å². The Balaban J connectivity index is 1.90. The van der Waals surface area contributed by atoms with Gasteiger partial charge in [0, 0.05) is 20.1 Å². The molecule has 0 fully saturated rings. The Labute approximate surface area is 181 Å². The number of carbonyl (C=O) groups is 1. The highest BCUT2D eigenvalue weighted by atomic mass is 32.2. The summed E-state index contributed by atoms with van der Waals surface area (Å²) >= 11 is 2.75. The van der Waals surface area contributed by atoms with Crippen molar-refractivity contribution in [3.05, 3.63) is 43.9 Å². The zero-order valence-corrected chi connectivity index (χ0v) is 18.9. The third-order valence-corrected chi connectivity index (χ3v) is 6.35. The maximum atomic E-state index is 12.9. The fraction of sp³-hybridized carbons (Fsp3) is 0.421. The zero-order valence-electron chi connectivity index (χ0n) is 17.3. The molecule has 0 aromatic carbocycles. The fourth-order valence-electron chi connectivity index (χ4n) is 3.06. The van der Waals surface area contributed by atoms with E-state index in [-0.39, 0.29) is 23.1 Å². The van der Waals surface area contributed by atoms with Gasteiger partial charge in [-0.3, -0.25) is 18.7 Å². The van der Waals surface area contributed by atoms with E-state index in [2.05, 4.69) is 10.2 Å². The first-order valence-corrected chi connectivity index (χ1v) is 11.3. The summed E-state index contributed by atoms with van der Waals surface area (Å²) < 4.78 is 4.14. The lowest BCUT2D eigenvalue weighted by Gasteiger charge is -2.16. The van der Waals surface area contributed by atoms with Crippen molar-refractivity contribution in [3.8, 4) is 10.7 Å². The number of hydrogen-bond acceptors (Lipinski definition) is 8. The molecule has 0 saturated heterocycles. The second-order valence-corrected chi connectivity index (χ2v) is 9.04. The minimum atomic E-state index is -0.681. The molecule has 0 saturated carbocycles. The van der Waals surface area contributed by atoms with Crippen molar-refractivity contribution in [2.75, 3.05) is 11.5 Å². The average molecular weight is 449 g/mol. The number of Topliss-reactive ketones (excluding diaryl/α,β-unsaturated/α-hetero) is 1. The monoisotopic (exact) mass is 448 g/mol. The summed E-state index contributed by atoms with van der Waals surface area (Å²) in [6, 6.07) is 3.90. The van der Waals surface area contributed by atoms with Crippen LogP contribution in [0.2, 0.25) is 0 Å². The van der Waals surface area contributed by atoms with Gasteiger partial charge in [-0.1, -0.05) is 31.7 Å². The molecule has 160 valence electrons. The van der Waals surface area contributed by atoms with E-state index in [0.717, 1.165) is 15.3 Å². The number of nitrogens with two attached hydrogens (primary N) is 1. The van der Waals surface area contributed by atoms with Crippen LogP contribution in [0.3, 0.4) is 0 Å². The SMILES string of the molecule is CCn1c(SCC(=O)c2c(N)n(CC(C)C)c(=O)n(C)c2=O)nnc1-c1cccs1. The molecule has 0 bridgehead atoms. The first-order chi connectivity index (χ1) is 14.3. The van der Waals surface area contributed by atoms with Crippen LogP contribution in [0.4, 0.5) is 5.82 Å². The van der Waals surface area contributed by atoms with Gasteiger partial charge in [-0.05, 0) is 24.3 Å². The summed E-state index contributed by atoms with van der Waals surface area (Å²) in [5, 5.41) is 11.0. The van der Waals surface area contributed by atoms with Crippen molar-refractivity contribution < 1.29 is 4.79 Å². The number of anilines is 1. The minimum Gasteiger partial charge on any atom is -0.384 e. The van der Waals surface area contributed by atoms with Gasteiger partial charge in [-0.2, -0.15) is 0 Å². The van der Waals surface area contributed by atoms with Crippen LogP contribution in [0.1, 0.15) is 31.1 Å². The molecular weight excluding hydrogens is 424 g/mol. The fourth-order valence-corrected chi connectivity index (χ4v) is 4.65. The summed E-state index contributed by atoms with van der Waals surface area (Å²) in [4.78, 5) is 38.9. The Bertz CT molecular complexity index is 1170. The topological polar surface area (TPSA) is 118 Å². The minimum absolute atomic E-state index is 0.0398. The maximum Gasteiger partial charge on any atom is 0.332 e. The van der Waals surface area contributed by atoms with E-state index in [1.807, 2.05) is 42.9 Å². The van der Waals surface area contributed by atoms with E-state index in [0.29, 0.717) is 18.2 Å². The van der Waals surface area contributed by atoms with Crippen LogP contribution in [0.15, 0.2) is 32.3 Å². The predicted octanol–water partition coefficient (Wildman–Crippen LogP) is 2.10. The molecule has 0 aliphatic carbocycles. The van der Waals surface area contributed by atoms with E-state index in [1.165, 1.54) is 23.4 Å². The Kier molecular flexibility index (Phi) is 6.61. The van der Waals surface area contributed by atoms with E-state index in [9.17, 15) is 14.4 Å². The third kappa shape index (κ3) is 4.12. The number of hydrogen-bond donors (Lipinski definition) is 1. The molecule has 0 radical (unpaired) electrons. The number of aromatic nitrogens is 5. The van der Waals surface area contributed by atoms with Crippen molar-refractivity contribution in [1.82, 2.24) is 23.9 Å². The van der Waals surface area contributed by atoms with E-state index in [4.69, 9.17) is 5.73 Å². The highest BCUT2D eigenvalue weighted by Gasteiger charge is 2.23. The number of ketones is 1. The van der Waals surface area contributed by atoms with E-state index < -0.39 is 17.0 Å². The molecule has 0 amide bonds. The normalized spacial score (nSPS) is 11.4. The van der Waals surface area contributed by atoms with Crippen LogP contribution >= 0.6 is 23.1 Å². The molecule has 30 heavy (non-hydrogen) atoms. The molecule has 3 rings (SSSR count). The number of carbonyl (C=O) groups excluding carboxylic acids is 1. The highest BCUT2D eigenvalue weighted by molar-refractivity contribution is 7.99. The molecule has 11 heteroatoms. The Morgan fingerprint density at radius 2 is 2.00 bits per heavy atom. The molecule has 0 aliphatic rings. The maximum absolute atomic E-state index is 12.9. The summed E-state index contributed by atoms with van der Waals surface area (Å²) in [5.41, 5.74) is 4.72. The lowest BCUT2D eigenvalue weighted by molar-refractivity contribution is 0.102. The largest absolute Gasteiger partial charge is 0.384 e. The smallest absolute Gasteiger partial charge is 0.332 e. The molecule has 0 unspecified atom stereocenters. The number of rotatable bonds is 8. The van der Waals surface area contributed by atoms with E-state index in [1.54, 1.807) is 11.3 Å². The number of nitrogen functional groups attached to an aromatic ring is 1. The van der Waals surface area contributed by atoms with Crippen LogP contribution in [-0.2, 0) is 20.1 Å². The van der Waals surface area contributed by atoms with Crippen molar-refractivity contribution in [2.45, 2.75) is 39.0 Å². The number of thiophene rings is 1. The standard InChI is InChI=1S/C19H24N6O3S2/c1-5-24-16(13-7-6-8-29-13)21-22-18(24)30-10-12(26)14-15(20)25(9-11(2)3)19(28)23(4)17(14)27/h6-8,11H,5,9-10,20H2,1-4H3. The quantitative estimate of drug-likeness (QED) is 0.414. The summed E-state index contributed by atoms with van der Waals surface area (Å²) in [6.45, 7) is 6.79. The molecule has 9 nitrogen and oxygen atoms in total. The molecule has 0 aliphatic heterocycles. The predicted molar refractivity (Wildman–Crippen MR) is 119 cm³/mol. The molecule has 0 spiro atoms. The first-order valence-electron chi connectivity index (χ1n) is 9.48. The van der Waals surface area contributed by atoms with Gasteiger partial charge in [-0.15, -0.1) is 21.5 Å². The van der Waals surface area contributed by atoms with Gasteiger partial charge >= 0.3 is 5.69 Å². The molecule has 3 heterocycles. The van der Waals surface area contributed by atoms with Gasteiger partial charge in [0.25, 0.3) is 5.56 Å². The van der Waals surface area contributed by atoms with Gasteiger partial charge in [-0.25, -0.2) is 4.79 Å². The van der Waals surface area contributed by atoms with Crippen molar-refractivity contribution in [2.24, 2.45) is 13.0 Å². The number of nitrogens with zero attached hydrogens (tertiary/aromatic N) is 5. The Hall–Kier alpha value is -2.66. The zero-order chi connectivity index (χ0) is 22.0. The molecule has 0 atom stereocenters.